The minimum absolute atomic E-state index is 0.00373. The summed E-state index contributed by atoms with van der Waals surface area (Å²) in [6.07, 6.45) is 1.40. The highest BCUT2D eigenvalue weighted by molar-refractivity contribution is 6.00. The van der Waals surface area contributed by atoms with Gasteiger partial charge in [-0.2, -0.15) is 0 Å². The molecule has 0 bridgehead atoms. The molecule has 1 N–H and O–H groups in total. The van der Waals surface area contributed by atoms with Crippen LogP contribution in [0, 0.1) is 11.6 Å². The maximum absolute atomic E-state index is 13.9. The summed E-state index contributed by atoms with van der Waals surface area (Å²) < 4.78 is 32.3. The van der Waals surface area contributed by atoms with E-state index in [-0.39, 0.29) is 17.1 Å². The molecule has 0 radical (unpaired) electrons. The molecular weight excluding hydrogens is 302 g/mol. The number of oxazole rings is 1. The molecule has 116 valence electrons. The number of nitrogens with one attached hydrogen (secondary N) is 1. The van der Waals surface area contributed by atoms with E-state index in [1.54, 1.807) is 12.1 Å². The van der Waals surface area contributed by atoms with Gasteiger partial charge < -0.3 is 9.73 Å². The predicted octanol–water partition coefficient (Wildman–Crippen LogP) is 3.82. The number of hydrogen-bond donors (Lipinski definition) is 1. The fraction of sp³-hybridized carbons (Fsp3) is 0.0588. The van der Waals surface area contributed by atoms with Gasteiger partial charge in [-0.15, -0.1) is 0 Å². The van der Waals surface area contributed by atoms with E-state index in [0.717, 1.165) is 17.7 Å². The zero-order valence-corrected chi connectivity index (χ0v) is 12.0. The highest BCUT2D eigenvalue weighted by Gasteiger charge is 2.12. The molecule has 0 aliphatic carbocycles. The Morgan fingerprint density at radius 1 is 1.26 bits per heavy atom. The number of halogens is 2. The quantitative estimate of drug-likeness (QED) is 0.745. The topological polar surface area (TPSA) is 55.1 Å². The van der Waals surface area contributed by atoms with Crippen molar-refractivity contribution in [2.75, 3.05) is 5.32 Å². The molecule has 0 saturated carbocycles. The van der Waals surface area contributed by atoms with Crippen LogP contribution in [0.25, 0.3) is 11.1 Å². The Bertz CT molecular complexity index is 885. The van der Waals surface area contributed by atoms with Crippen molar-refractivity contribution in [2.24, 2.45) is 0 Å². The molecule has 0 fully saturated rings. The Morgan fingerprint density at radius 2 is 2.00 bits per heavy atom. The van der Waals surface area contributed by atoms with Crippen LogP contribution in [0.2, 0.25) is 0 Å². The van der Waals surface area contributed by atoms with Crippen molar-refractivity contribution in [3.63, 3.8) is 0 Å². The molecule has 0 atom stereocenters. The zero-order chi connectivity index (χ0) is 16.4. The smallest absolute Gasteiger partial charge is 0.247 e. The van der Waals surface area contributed by atoms with E-state index >= 15 is 0 Å². The highest BCUT2D eigenvalue weighted by atomic mass is 19.1. The van der Waals surface area contributed by atoms with E-state index in [1.165, 1.54) is 18.2 Å². The lowest BCUT2D eigenvalue weighted by Gasteiger charge is -2.02. The SMILES string of the molecule is C=CC(=O)Nc1cc2nc(Cc3ccc(F)cc3)oc2cc1F. The van der Waals surface area contributed by atoms with Gasteiger partial charge in [0.05, 0.1) is 5.69 Å². The van der Waals surface area contributed by atoms with Gasteiger partial charge in [-0.1, -0.05) is 18.7 Å². The van der Waals surface area contributed by atoms with E-state index in [0.29, 0.717) is 17.8 Å². The number of carbonyl (C=O) groups is 1. The van der Waals surface area contributed by atoms with Crippen LogP contribution >= 0.6 is 0 Å². The Hall–Kier alpha value is -3.02. The van der Waals surface area contributed by atoms with Crippen LogP contribution in [-0.2, 0) is 11.2 Å². The molecule has 3 rings (SSSR count). The summed E-state index contributed by atoms with van der Waals surface area (Å²) in [5.41, 5.74) is 1.52. The second kappa shape index (κ2) is 6.00. The first-order valence-corrected chi connectivity index (χ1v) is 6.82. The van der Waals surface area contributed by atoms with E-state index in [1.807, 2.05) is 0 Å². The minimum atomic E-state index is -0.628. The van der Waals surface area contributed by atoms with Crippen LogP contribution in [0.5, 0.6) is 0 Å². The number of rotatable bonds is 4. The maximum Gasteiger partial charge on any atom is 0.247 e. The van der Waals surface area contributed by atoms with Gasteiger partial charge in [0, 0.05) is 12.5 Å². The van der Waals surface area contributed by atoms with Gasteiger partial charge in [-0.05, 0) is 29.8 Å². The van der Waals surface area contributed by atoms with Gasteiger partial charge in [0.1, 0.15) is 11.3 Å². The van der Waals surface area contributed by atoms with Gasteiger partial charge >= 0.3 is 0 Å². The average molecular weight is 314 g/mol. The lowest BCUT2D eigenvalue weighted by Crippen LogP contribution is -2.08. The largest absolute Gasteiger partial charge is 0.440 e. The summed E-state index contributed by atoms with van der Waals surface area (Å²) in [5, 5.41) is 2.36. The normalized spacial score (nSPS) is 10.7. The Balaban J connectivity index is 1.90. The molecule has 1 aromatic heterocycles. The standard InChI is InChI=1S/C17H12F2N2O2/c1-2-16(22)20-13-9-14-15(8-12(13)19)23-17(21-14)7-10-3-5-11(18)6-4-10/h2-6,8-9H,1,7H2,(H,20,22). The summed E-state index contributed by atoms with van der Waals surface area (Å²) in [6, 6.07) is 8.50. The van der Waals surface area contributed by atoms with Crippen LogP contribution in [0.15, 0.2) is 53.5 Å². The first-order chi connectivity index (χ1) is 11.0. The first kappa shape index (κ1) is 14.9. The van der Waals surface area contributed by atoms with Crippen molar-refractivity contribution in [3.05, 3.63) is 72.1 Å². The molecule has 23 heavy (non-hydrogen) atoms. The third kappa shape index (κ3) is 3.26. The van der Waals surface area contributed by atoms with Crippen molar-refractivity contribution in [1.82, 2.24) is 4.98 Å². The summed E-state index contributed by atoms with van der Waals surface area (Å²) >= 11 is 0. The van der Waals surface area contributed by atoms with Crippen molar-refractivity contribution in [2.45, 2.75) is 6.42 Å². The third-order valence-corrected chi connectivity index (χ3v) is 3.23. The van der Waals surface area contributed by atoms with Crippen LogP contribution < -0.4 is 5.32 Å². The van der Waals surface area contributed by atoms with E-state index in [9.17, 15) is 13.6 Å². The van der Waals surface area contributed by atoms with Crippen LogP contribution in [-0.4, -0.2) is 10.9 Å². The molecule has 0 unspecified atom stereocenters. The lowest BCUT2D eigenvalue weighted by atomic mass is 10.1. The number of nitrogens with zero attached hydrogens (tertiary/aromatic N) is 1. The minimum Gasteiger partial charge on any atom is -0.440 e. The summed E-state index contributed by atoms with van der Waals surface area (Å²) in [4.78, 5) is 15.5. The Kier molecular flexibility index (Phi) is 3.89. The lowest BCUT2D eigenvalue weighted by molar-refractivity contribution is -0.111. The van der Waals surface area contributed by atoms with Crippen LogP contribution in [0.1, 0.15) is 11.5 Å². The van der Waals surface area contributed by atoms with E-state index in [4.69, 9.17) is 4.42 Å². The van der Waals surface area contributed by atoms with Gasteiger partial charge in [0.25, 0.3) is 0 Å². The molecule has 0 spiro atoms. The maximum atomic E-state index is 13.9. The van der Waals surface area contributed by atoms with E-state index in [2.05, 4.69) is 16.9 Å². The van der Waals surface area contributed by atoms with Gasteiger partial charge in [-0.3, -0.25) is 4.79 Å². The number of benzene rings is 2. The fourth-order valence-electron chi connectivity index (χ4n) is 2.13. The van der Waals surface area contributed by atoms with Crippen molar-refractivity contribution < 1.29 is 18.0 Å². The number of aromatic nitrogens is 1. The van der Waals surface area contributed by atoms with Gasteiger partial charge in [-0.25, -0.2) is 13.8 Å². The Labute approximate surface area is 130 Å². The number of amides is 1. The second-order valence-electron chi connectivity index (χ2n) is 4.90. The molecule has 3 aromatic rings. The van der Waals surface area contributed by atoms with Crippen LogP contribution in [0.4, 0.5) is 14.5 Å². The summed E-state index contributed by atoms with van der Waals surface area (Å²) in [5.74, 6) is -1.09. The molecular formula is C17H12F2N2O2. The molecule has 6 heteroatoms. The number of carbonyl (C=O) groups excluding carboxylic acids is 1. The molecule has 1 amide bonds. The highest BCUT2D eigenvalue weighted by Crippen LogP contribution is 2.24. The molecule has 0 aliphatic heterocycles. The fourth-order valence-corrected chi connectivity index (χ4v) is 2.13. The van der Waals surface area contributed by atoms with Crippen molar-refractivity contribution in [3.8, 4) is 0 Å². The van der Waals surface area contributed by atoms with E-state index < -0.39 is 11.7 Å². The molecule has 0 saturated heterocycles. The molecule has 1 heterocycles. The molecule has 4 nitrogen and oxygen atoms in total. The number of hydrogen-bond acceptors (Lipinski definition) is 3. The van der Waals surface area contributed by atoms with Crippen LogP contribution in [0.3, 0.4) is 0 Å². The van der Waals surface area contributed by atoms with Gasteiger partial charge in [0.15, 0.2) is 17.3 Å². The summed E-state index contributed by atoms with van der Waals surface area (Å²) in [7, 11) is 0. The number of fused-ring (bicyclic) bond motifs is 1. The first-order valence-electron chi connectivity index (χ1n) is 6.82. The molecule has 2 aromatic carbocycles. The zero-order valence-electron chi connectivity index (χ0n) is 12.0. The van der Waals surface area contributed by atoms with Crippen molar-refractivity contribution >= 4 is 22.7 Å². The monoisotopic (exact) mass is 314 g/mol. The Morgan fingerprint density at radius 3 is 2.70 bits per heavy atom. The second-order valence-corrected chi connectivity index (χ2v) is 4.90. The predicted molar refractivity (Wildman–Crippen MR) is 82.0 cm³/mol. The third-order valence-electron chi connectivity index (χ3n) is 3.23. The average Bonchev–Trinajstić information content (AvgIpc) is 2.91. The van der Waals surface area contributed by atoms with Gasteiger partial charge in [0.2, 0.25) is 5.91 Å². The number of anilines is 1. The summed E-state index contributed by atoms with van der Waals surface area (Å²) in [6.45, 7) is 3.31. The molecule has 0 aliphatic rings. The van der Waals surface area contributed by atoms with Crippen molar-refractivity contribution in [1.29, 1.82) is 0 Å².